The van der Waals surface area contributed by atoms with Gasteiger partial charge in [-0.15, -0.1) is 5.16 Å². The van der Waals surface area contributed by atoms with Gasteiger partial charge in [-0.25, -0.2) is 0 Å². The van der Waals surface area contributed by atoms with Gasteiger partial charge in [-0.1, -0.05) is 41.5 Å². The summed E-state index contributed by atoms with van der Waals surface area (Å²) in [6.07, 6.45) is 11.6. The van der Waals surface area contributed by atoms with E-state index >= 15 is 0 Å². The number of oxime groups is 1. The molecular formula is C30H49NO4. The molecule has 3 N–H and O–H groups in total. The van der Waals surface area contributed by atoms with Gasteiger partial charge in [0.15, 0.2) is 0 Å². The zero-order valence-electron chi connectivity index (χ0n) is 22.9. The molecule has 0 radical (unpaired) electrons. The third-order valence-electron chi connectivity index (χ3n) is 13.9. The number of aliphatic hydroxyl groups excluding tert-OH is 1. The van der Waals surface area contributed by atoms with Gasteiger partial charge < -0.3 is 15.4 Å². The maximum Gasteiger partial charge on any atom is 0.309 e. The Morgan fingerprint density at radius 1 is 0.886 bits per heavy atom. The number of rotatable bonds is 3. The number of aliphatic hydroxyl groups is 1. The van der Waals surface area contributed by atoms with E-state index in [0.717, 1.165) is 44.9 Å². The predicted molar refractivity (Wildman–Crippen MR) is 137 cm³/mol. The van der Waals surface area contributed by atoms with E-state index in [1.807, 2.05) is 0 Å². The number of aliphatic carboxylic acids is 1. The van der Waals surface area contributed by atoms with Crippen LogP contribution in [0.2, 0.25) is 0 Å². The molecule has 5 saturated carbocycles. The van der Waals surface area contributed by atoms with Crippen molar-refractivity contribution in [1.82, 2.24) is 0 Å². The maximum absolute atomic E-state index is 12.9. The zero-order valence-corrected chi connectivity index (χ0v) is 22.9. The third-order valence-corrected chi connectivity index (χ3v) is 13.9. The van der Waals surface area contributed by atoms with E-state index < -0.39 is 11.4 Å². The third kappa shape index (κ3) is 3.09. The second-order valence-electron chi connectivity index (χ2n) is 14.9. The lowest BCUT2D eigenvalue weighted by Crippen LogP contribution is -2.67. The number of hydrogen-bond donors (Lipinski definition) is 3. The van der Waals surface area contributed by atoms with Crippen LogP contribution in [0.3, 0.4) is 0 Å². The lowest BCUT2D eigenvalue weighted by molar-refractivity contribution is -0.249. The van der Waals surface area contributed by atoms with Gasteiger partial charge in [0.1, 0.15) is 0 Å². The summed E-state index contributed by atoms with van der Waals surface area (Å²) >= 11 is 0. The fourth-order valence-electron chi connectivity index (χ4n) is 11.8. The molecule has 0 heterocycles. The first-order valence-electron chi connectivity index (χ1n) is 14.4. The van der Waals surface area contributed by atoms with Crippen molar-refractivity contribution in [3.63, 3.8) is 0 Å². The van der Waals surface area contributed by atoms with Crippen molar-refractivity contribution >= 4 is 12.2 Å². The number of hydrogen-bond acceptors (Lipinski definition) is 4. The average molecular weight is 488 g/mol. The Bertz CT molecular complexity index is 901. The SMILES string of the molecule is CC(/C=N/O)[C@@H]1CC[C@]2(C(=O)O)CC[C@]3(C)C(CC[C@@H]4[C@@]5(C)CC[C@@H](O)C(C)(C)[C@@H]5CC[C@]43C)[C@H]12. The summed E-state index contributed by atoms with van der Waals surface area (Å²) in [5, 5.41) is 34.1. The number of fused-ring (bicyclic) bond motifs is 7. The standard InChI is InChI=1S/C30H49NO4/c1-18(17-31-35)19-9-14-30(25(33)34)16-15-28(5)20(24(19)30)7-8-22-27(4)12-11-23(32)26(2,3)21(27)10-13-29(22,28)6/h17-24,32,35H,7-16H2,1-6H3,(H,33,34)/b31-17+/t18?,19-,20?,21-,22+,23+,24-,27-,28+,29+,30-/m0/s1. The lowest BCUT2D eigenvalue weighted by atomic mass is 9.32. The number of carboxylic acids is 1. The highest BCUT2D eigenvalue weighted by Gasteiger charge is 2.72. The van der Waals surface area contributed by atoms with Crippen molar-refractivity contribution in [2.45, 2.75) is 112 Å². The molecule has 0 spiro atoms. The Morgan fingerprint density at radius 3 is 2.26 bits per heavy atom. The molecule has 5 nitrogen and oxygen atoms in total. The molecule has 5 fully saturated rings. The van der Waals surface area contributed by atoms with E-state index in [-0.39, 0.29) is 45.5 Å². The van der Waals surface area contributed by atoms with E-state index in [0.29, 0.717) is 17.8 Å². The smallest absolute Gasteiger partial charge is 0.309 e. The van der Waals surface area contributed by atoms with E-state index in [2.05, 4.69) is 46.7 Å². The topological polar surface area (TPSA) is 90.1 Å². The van der Waals surface area contributed by atoms with Gasteiger partial charge in [0.25, 0.3) is 0 Å². The molecule has 198 valence electrons. The molecule has 35 heavy (non-hydrogen) atoms. The largest absolute Gasteiger partial charge is 0.481 e. The number of nitrogens with zero attached hydrogens (tertiary/aromatic N) is 1. The lowest BCUT2D eigenvalue weighted by Gasteiger charge is -2.72. The summed E-state index contributed by atoms with van der Waals surface area (Å²) in [6, 6.07) is 0. The predicted octanol–water partition coefficient (Wildman–Crippen LogP) is 6.61. The van der Waals surface area contributed by atoms with Crippen molar-refractivity contribution < 1.29 is 20.2 Å². The summed E-state index contributed by atoms with van der Waals surface area (Å²) < 4.78 is 0. The number of carboxylic acid groups (broad SMARTS) is 1. The molecule has 11 atom stereocenters. The van der Waals surface area contributed by atoms with Gasteiger partial charge in [0.05, 0.1) is 11.5 Å². The minimum absolute atomic E-state index is 0.0489. The van der Waals surface area contributed by atoms with E-state index in [4.69, 9.17) is 0 Å². The average Bonchev–Trinajstić information content (AvgIpc) is 3.18. The minimum atomic E-state index is -0.617. The van der Waals surface area contributed by atoms with Crippen LogP contribution < -0.4 is 0 Å². The molecule has 5 aliphatic rings. The highest BCUT2D eigenvalue weighted by atomic mass is 16.4. The van der Waals surface area contributed by atoms with Crippen LogP contribution in [0.5, 0.6) is 0 Å². The monoisotopic (exact) mass is 487 g/mol. The van der Waals surface area contributed by atoms with Gasteiger partial charge >= 0.3 is 5.97 Å². The molecule has 0 bridgehead atoms. The summed E-state index contributed by atoms with van der Waals surface area (Å²) in [5.74, 6) is 1.48. The molecule has 2 unspecified atom stereocenters. The van der Waals surface area contributed by atoms with Gasteiger partial charge in [-0.3, -0.25) is 4.79 Å². The molecule has 0 aromatic heterocycles. The van der Waals surface area contributed by atoms with Crippen molar-refractivity contribution in [3.8, 4) is 0 Å². The van der Waals surface area contributed by atoms with E-state index in [1.54, 1.807) is 6.21 Å². The van der Waals surface area contributed by atoms with Gasteiger partial charge in [-0.2, -0.15) is 0 Å². The van der Waals surface area contributed by atoms with Crippen LogP contribution in [-0.4, -0.2) is 33.7 Å². The molecule has 0 aromatic carbocycles. The van der Waals surface area contributed by atoms with Crippen LogP contribution in [0.1, 0.15) is 106 Å². The minimum Gasteiger partial charge on any atom is -0.481 e. The summed E-state index contributed by atoms with van der Waals surface area (Å²) in [6.45, 7) is 14.3. The Hall–Kier alpha value is -1.10. The highest BCUT2D eigenvalue weighted by molar-refractivity contribution is 5.76. The number of carbonyl (C=O) groups is 1. The molecule has 5 aliphatic carbocycles. The van der Waals surface area contributed by atoms with Crippen molar-refractivity contribution in [2.75, 3.05) is 0 Å². The first-order valence-corrected chi connectivity index (χ1v) is 14.4. The van der Waals surface area contributed by atoms with Crippen molar-refractivity contribution in [2.24, 2.45) is 67.7 Å². The first kappa shape index (κ1) is 25.5. The van der Waals surface area contributed by atoms with Crippen molar-refractivity contribution in [3.05, 3.63) is 0 Å². The van der Waals surface area contributed by atoms with Crippen LogP contribution in [-0.2, 0) is 4.79 Å². The highest BCUT2D eigenvalue weighted by Crippen LogP contribution is 2.77. The van der Waals surface area contributed by atoms with Gasteiger partial charge in [0.2, 0.25) is 0 Å². The molecule has 0 aliphatic heterocycles. The molecule has 0 aromatic rings. The zero-order chi connectivity index (χ0) is 25.6. The van der Waals surface area contributed by atoms with E-state index in [9.17, 15) is 20.2 Å². The second-order valence-corrected chi connectivity index (χ2v) is 14.9. The summed E-state index contributed by atoms with van der Waals surface area (Å²) in [5.41, 5.74) is -0.130. The van der Waals surface area contributed by atoms with Gasteiger partial charge in [-0.05, 0) is 121 Å². The summed E-state index contributed by atoms with van der Waals surface area (Å²) in [7, 11) is 0. The first-order chi connectivity index (χ1) is 16.3. The van der Waals surface area contributed by atoms with Crippen LogP contribution in [0.4, 0.5) is 0 Å². The second kappa shape index (κ2) is 7.95. The fourth-order valence-corrected chi connectivity index (χ4v) is 11.8. The van der Waals surface area contributed by atoms with Crippen LogP contribution in [0, 0.1) is 62.6 Å². The molecule has 0 amide bonds. The van der Waals surface area contributed by atoms with Gasteiger partial charge in [0, 0.05) is 6.21 Å². The molecule has 5 rings (SSSR count). The normalized spacial score (nSPS) is 53.8. The molecular weight excluding hydrogens is 438 g/mol. The fraction of sp³-hybridized carbons (Fsp3) is 0.933. The Labute approximate surface area is 212 Å². The van der Waals surface area contributed by atoms with E-state index in [1.165, 1.54) is 19.3 Å². The Kier molecular flexibility index (Phi) is 5.80. The quantitative estimate of drug-likeness (QED) is 0.237. The molecule has 5 heteroatoms. The molecule has 0 saturated heterocycles. The Morgan fingerprint density at radius 2 is 1.60 bits per heavy atom. The van der Waals surface area contributed by atoms with Crippen LogP contribution in [0.25, 0.3) is 0 Å². The van der Waals surface area contributed by atoms with Crippen molar-refractivity contribution in [1.29, 1.82) is 0 Å². The Balaban J connectivity index is 1.55. The van der Waals surface area contributed by atoms with Crippen LogP contribution in [0.15, 0.2) is 5.16 Å². The maximum atomic E-state index is 12.9. The van der Waals surface area contributed by atoms with Crippen LogP contribution >= 0.6 is 0 Å². The summed E-state index contributed by atoms with van der Waals surface area (Å²) in [4.78, 5) is 12.9.